The summed E-state index contributed by atoms with van der Waals surface area (Å²) in [5.74, 6) is 0. The number of hydrogen-bond acceptors (Lipinski definition) is 3. The first kappa shape index (κ1) is 14.9. The van der Waals surface area contributed by atoms with Crippen LogP contribution < -0.4 is 5.32 Å². The Bertz CT molecular complexity index is 585. The van der Waals surface area contributed by atoms with Crippen LogP contribution in [0.5, 0.6) is 0 Å². The number of fused-ring (bicyclic) bond motifs is 1. The lowest BCUT2D eigenvalue weighted by Crippen LogP contribution is -2.23. The van der Waals surface area contributed by atoms with Crippen molar-refractivity contribution in [3.63, 3.8) is 0 Å². The third kappa shape index (κ3) is 3.61. The summed E-state index contributed by atoms with van der Waals surface area (Å²) in [6, 6.07) is 6.75. The lowest BCUT2D eigenvalue weighted by atomic mass is 10.0. The number of nitrogens with one attached hydrogen (secondary N) is 1. The minimum Gasteiger partial charge on any atom is -0.309 e. The molecule has 0 spiro atoms. The molecule has 1 N–H and O–H groups in total. The van der Waals surface area contributed by atoms with E-state index in [2.05, 4.69) is 48.0 Å². The van der Waals surface area contributed by atoms with E-state index in [0.29, 0.717) is 6.04 Å². The summed E-state index contributed by atoms with van der Waals surface area (Å²) < 4.78 is 2.24. The Hall–Kier alpha value is -1.00. The molecular weight excluding hydrogens is 278 g/mol. The summed E-state index contributed by atoms with van der Waals surface area (Å²) in [7, 11) is 0. The lowest BCUT2D eigenvalue weighted by molar-refractivity contribution is 0.515. The van der Waals surface area contributed by atoms with Crippen molar-refractivity contribution >= 4 is 17.4 Å². The summed E-state index contributed by atoms with van der Waals surface area (Å²) in [5, 5.41) is 5.52. The molecule has 114 valence electrons. The topological polar surface area (TPSA) is 29.3 Å². The van der Waals surface area contributed by atoms with Gasteiger partial charge in [0.1, 0.15) is 10.7 Å². The van der Waals surface area contributed by atoms with E-state index in [-0.39, 0.29) is 0 Å². The molecule has 1 saturated carbocycles. The standard InChI is InChI=1S/C17H25N3S/c1-13(2)18-12-15-17(21-14-8-4-3-5-9-14)19-16-10-6-7-11-20(15)16/h6-7,10-11,13-14,18H,3-5,8-9,12H2,1-2H3. The SMILES string of the molecule is CC(C)NCc1c(SC2CCCCC2)nc2ccccn12. The highest BCUT2D eigenvalue weighted by atomic mass is 32.2. The van der Waals surface area contributed by atoms with Crippen LogP contribution in [0.3, 0.4) is 0 Å². The van der Waals surface area contributed by atoms with Crippen LogP contribution in [0.15, 0.2) is 29.4 Å². The molecule has 0 saturated heterocycles. The van der Waals surface area contributed by atoms with Gasteiger partial charge >= 0.3 is 0 Å². The molecule has 0 atom stereocenters. The molecule has 0 amide bonds. The summed E-state index contributed by atoms with van der Waals surface area (Å²) in [4.78, 5) is 4.87. The van der Waals surface area contributed by atoms with E-state index in [9.17, 15) is 0 Å². The smallest absolute Gasteiger partial charge is 0.138 e. The van der Waals surface area contributed by atoms with Gasteiger partial charge < -0.3 is 9.72 Å². The first-order chi connectivity index (χ1) is 10.2. The zero-order valence-corrected chi connectivity index (χ0v) is 13.8. The van der Waals surface area contributed by atoms with Gasteiger partial charge in [-0.3, -0.25) is 0 Å². The summed E-state index contributed by atoms with van der Waals surface area (Å²) in [6.45, 7) is 5.27. The molecule has 21 heavy (non-hydrogen) atoms. The summed E-state index contributed by atoms with van der Waals surface area (Å²) in [6.07, 6.45) is 8.98. The van der Waals surface area contributed by atoms with E-state index in [1.54, 1.807) is 0 Å². The maximum Gasteiger partial charge on any atom is 0.138 e. The second-order valence-electron chi connectivity index (χ2n) is 6.21. The molecule has 2 aromatic heterocycles. The Balaban J connectivity index is 1.86. The minimum atomic E-state index is 0.492. The molecule has 2 heterocycles. The van der Waals surface area contributed by atoms with Crippen LogP contribution in [0.1, 0.15) is 51.6 Å². The molecular formula is C17H25N3S. The van der Waals surface area contributed by atoms with Crippen LogP contribution in [-0.2, 0) is 6.54 Å². The maximum atomic E-state index is 4.87. The highest BCUT2D eigenvalue weighted by Gasteiger charge is 2.19. The summed E-state index contributed by atoms with van der Waals surface area (Å²) in [5.41, 5.74) is 2.38. The molecule has 0 aromatic carbocycles. The van der Waals surface area contributed by atoms with Gasteiger partial charge in [-0.2, -0.15) is 0 Å². The first-order valence-corrected chi connectivity index (χ1v) is 8.98. The zero-order valence-electron chi connectivity index (χ0n) is 13.0. The Morgan fingerprint density at radius 1 is 1.29 bits per heavy atom. The Kier molecular flexibility index (Phi) is 4.86. The largest absolute Gasteiger partial charge is 0.309 e. The number of aromatic nitrogens is 2. The van der Waals surface area contributed by atoms with Crippen molar-refractivity contribution in [2.24, 2.45) is 0 Å². The summed E-state index contributed by atoms with van der Waals surface area (Å²) >= 11 is 2.00. The fourth-order valence-corrected chi connectivity index (χ4v) is 4.26. The molecule has 3 rings (SSSR count). The molecule has 0 bridgehead atoms. The predicted molar refractivity (Wildman–Crippen MR) is 89.9 cm³/mol. The second-order valence-corrected chi connectivity index (χ2v) is 7.50. The average molecular weight is 303 g/mol. The number of imidazole rings is 1. The molecule has 1 aliphatic rings. The fraction of sp³-hybridized carbons (Fsp3) is 0.588. The normalized spacial score (nSPS) is 16.9. The van der Waals surface area contributed by atoms with Crippen molar-refractivity contribution in [3.8, 4) is 0 Å². The van der Waals surface area contributed by atoms with E-state index in [1.807, 2.05) is 11.8 Å². The van der Waals surface area contributed by atoms with Crippen molar-refractivity contribution in [1.29, 1.82) is 0 Å². The minimum absolute atomic E-state index is 0.492. The Morgan fingerprint density at radius 3 is 2.86 bits per heavy atom. The highest BCUT2D eigenvalue weighted by molar-refractivity contribution is 7.99. The molecule has 0 unspecified atom stereocenters. The van der Waals surface area contributed by atoms with Crippen LogP contribution in [-0.4, -0.2) is 20.7 Å². The average Bonchev–Trinajstić information content (AvgIpc) is 2.83. The van der Waals surface area contributed by atoms with Gasteiger partial charge in [0, 0.05) is 24.0 Å². The van der Waals surface area contributed by atoms with E-state index < -0.39 is 0 Å². The van der Waals surface area contributed by atoms with Gasteiger partial charge in [0.2, 0.25) is 0 Å². The number of pyridine rings is 1. The molecule has 1 aliphatic carbocycles. The number of thioether (sulfide) groups is 1. The van der Waals surface area contributed by atoms with Gasteiger partial charge in [-0.1, -0.05) is 39.2 Å². The molecule has 1 fully saturated rings. The predicted octanol–water partition coefficient (Wildman–Crippen LogP) is 4.26. The van der Waals surface area contributed by atoms with Crippen LogP contribution in [0.4, 0.5) is 0 Å². The second kappa shape index (κ2) is 6.84. The quantitative estimate of drug-likeness (QED) is 0.895. The number of hydrogen-bond donors (Lipinski definition) is 1. The first-order valence-electron chi connectivity index (χ1n) is 8.10. The van der Waals surface area contributed by atoms with Crippen LogP contribution in [0.2, 0.25) is 0 Å². The molecule has 4 heteroatoms. The lowest BCUT2D eigenvalue weighted by Gasteiger charge is -2.20. The van der Waals surface area contributed by atoms with Crippen LogP contribution >= 0.6 is 11.8 Å². The third-order valence-corrected chi connectivity index (χ3v) is 5.46. The number of rotatable bonds is 5. The molecule has 3 nitrogen and oxygen atoms in total. The van der Waals surface area contributed by atoms with E-state index in [0.717, 1.165) is 17.4 Å². The maximum absolute atomic E-state index is 4.87. The van der Waals surface area contributed by atoms with Gasteiger partial charge in [0.05, 0.1) is 5.69 Å². The van der Waals surface area contributed by atoms with Gasteiger partial charge in [-0.05, 0) is 25.0 Å². The molecule has 2 aromatic rings. The van der Waals surface area contributed by atoms with E-state index in [1.165, 1.54) is 42.8 Å². The van der Waals surface area contributed by atoms with E-state index in [4.69, 9.17) is 4.98 Å². The highest BCUT2D eigenvalue weighted by Crippen LogP contribution is 2.35. The zero-order chi connectivity index (χ0) is 14.7. The monoisotopic (exact) mass is 303 g/mol. The van der Waals surface area contributed by atoms with Crippen molar-refractivity contribution in [1.82, 2.24) is 14.7 Å². The van der Waals surface area contributed by atoms with Gasteiger partial charge in [0.25, 0.3) is 0 Å². The third-order valence-electron chi connectivity index (χ3n) is 4.10. The Labute approximate surface area is 131 Å². The Morgan fingerprint density at radius 2 is 2.10 bits per heavy atom. The van der Waals surface area contributed by atoms with Crippen LogP contribution in [0, 0.1) is 0 Å². The van der Waals surface area contributed by atoms with Crippen molar-refractivity contribution in [3.05, 3.63) is 30.1 Å². The number of nitrogens with zero attached hydrogens (tertiary/aromatic N) is 2. The van der Waals surface area contributed by atoms with Gasteiger partial charge in [-0.15, -0.1) is 11.8 Å². The van der Waals surface area contributed by atoms with Crippen molar-refractivity contribution < 1.29 is 0 Å². The molecule has 0 radical (unpaired) electrons. The fourth-order valence-electron chi connectivity index (χ4n) is 2.92. The van der Waals surface area contributed by atoms with Gasteiger partial charge in [0.15, 0.2) is 0 Å². The van der Waals surface area contributed by atoms with Crippen LogP contribution in [0.25, 0.3) is 5.65 Å². The molecule has 0 aliphatic heterocycles. The van der Waals surface area contributed by atoms with Crippen molar-refractivity contribution in [2.45, 2.75) is 68.8 Å². The van der Waals surface area contributed by atoms with E-state index >= 15 is 0 Å². The van der Waals surface area contributed by atoms with Gasteiger partial charge in [-0.25, -0.2) is 4.98 Å². The van der Waals surface area contributed by atoms with Crippen molar-refractivity contribution in [2.75, 3.05) is 0 Å².